The third-order valence-corrected chi connectivity index (χ3v) is 8.32. The van der Waals surface area contributed by atoms with Crippen molar-refractivity contribution in [1.82, 2.24) is 14.5 Å². The topological polar surface area (TPSA) is 92.3 Å². The van der Waals surface area contributed by atoms with Crippen molar-refractivity contribution < 1.29 is 13.2 Å². The summed E-state index contributed by atoms with van der Waals surface area (Å²) in [6, 6.07) is 14.7. The van der Waals surface area contributed by atoms with Gasteiger partial charge in [-0.05, 0) is 37.5 Å². The van der Waals surface area contributed by atoms with Gasteiger partial charge in [0, 0.05) is 23.7 Å². The van der Waals surface area contributed by atoms with Crippen LogP contribution in [-0.2, 0) is 20.6 Å². The van der Waals surface area contributed by atoms with Crippen LogP contribution in [0, 0.1) is 12.8 Å². The Morgan fingerprint density at radius 2 is 1.88 bits per heavy atom. The van der Waals surface area contributed by atoms with Crippen molar-refractivity contribution in [2.24, 2.45) is 5.92 Å². The van der Waals surface area contributed by atoms with Crippen molar-refractivity contribution in [3.8, 4) is 10.6 Å². The molecule has 0 unspecified atom stereocenters. The number of hydrogen-bond acceptors (Lipinski definition) is 6. The highest BCUT2D eigenvalue weighted by Crippen LogP contribution is 2.28. The predicted octanol–water partition coefficient (Wildman–Crippen LogP) is 4.35. The van der Waals surface area contributed by atoms with Crippen molar-refractivity contribution in [3.63, 3.8) is 0 Å². The minimum Gasteiger partial charge on any atom is -0.300 e. The van der Waals surface area contributed by atoms with E-state index in [1.165, 1.54) is 15.6 Å². The van der Waals surface area contributed by atoms with Gasteiger partial charge in [0.2, 0.25) is 21.1 Å². The van der Waals surface area contributed by atoms with Crippen molar-refractivity contribution in [2.75, 3.05) is 18.4 Å². The van der Waals surface area contributed by atoms with Crippen molar-refractivity contribution >= 4 is 44.0 Å². The number of hydrogen-bond donors (Lipinski definition) is 1. The van der Waals surface area contributed by atoms with Gasteiger partial charge in [0.1, 0.15) is 5.01 Å². The molecule has 1 aromatic heterocycles. The van der Waals surface area contributed by atoms with E-state index in [0.29, 0.717) is 35.1 Å². The Bertz CT molecular complexity index is 1190. The summed E-state index contributed by atoms with van der Waals surface area (Å²) in [7, 11) is -3.54. The first-order chi connectivity index (χ1) is 15.3. The van der Waals surface area contributed by atoms with Crippen LogP contribution in [0.3, 0.4) is 0 Å². The number of benzene rings is 2. The average Bonchev–Trinajstić information content (AvgIpc) is 3.24. The second-order valence-electron chi connectivity index (χ2n) is 7.85. The maximum absolute atomic E-state index is 12.9. The summed E-state index contributed by atoms with van der Waals surface area (Å²) in [5.74, 6) is -0.784. The van der Waals surface area contributed by atoms with Gasteiger partial charge in [0.25, 0.3) is 0 Å². The number of aromatic nitrogens is 2. The van der Waals surface area contributed by atoms with E-state index in [1.807, 2.05) is 31.2 Å². The maximum Gasteiger partial charge on any atom is 0.230 e. The number of nitrogens with one attached hydrogen (secondary N) is 1. The number of halogens is 1. The molecule has 3 aromatic rings. The first kappa shape index (κ1) is 22.8. The van der Waals surface area contributed by atoms with E-state index in [4.69, 9.17) is 11.6 Å². The quantitative estimate of drug-likeness (QED) is 0.554. The van der Waals surface area contributed by atoms with Gasteiger partial charge in [-0.3, -0.25) is 4.79 Å². The average molecular weight is 491 g/mol. The van der Waals surface area contributed by atoms with Gasteiger partial charge in [-0.15, -0.1) is 10.2 Å². The van der Waals surface area contributed by atoms with E-state index in [9.17, 15) is 13.2 Å². The van der Waals surface area contributed by atoms with E-state index in [-0.39, 0.29) is 18.2 Å². The molecule has 10 heteroatoms. The van der Waals surface area contributed by atoms with Crippen LogP contribution >= 0.6 is 22.9 Å². The van der Waals surface area contributed by atoms with Gasteiger partial charge in [-0.2, -0.15) is 0 Å². The predicted molar refractivity (Wildman–Crippen MR) is 127 cm³/mol. The van der Waals surface area contributed by atoms with Crippen LogP contribution in [0.2, 0.25) is 5.02 Å². The van der Waals surface area contributed by atoms with Gasteiger partial charge < -0.3 is 5.32 Å². The number of anilines is 1. The van der Waals surface area contributed by atoms with E-state index in [0.717, 1.165) is 16.1 Å². The normalized spacial score (nSPS) is 17.2. The second kappa shape index (κ2) is 9.66. The first-order valence-corrected chi connectivity index (χ1v) is 13.0. The van der Waals surface area contributed by atoms with Gasteiger partial charge in [-0.1, -0.05) is 64.9 Å². The molecule has 2 heterocycles. The zero-order chi connectivity index (χ0) is 22.7. The Balaban J connectivity index is 1.39. The van der Waals surface area contributed by atoms with Crippen molar-refractivity contribution in [3.05, 3.63) is 64.7 Å². The highest BCUT2D eigenvalue weighted by Gasteiger charge is 2.32. The summed E-state index contributed by atoms with van der Waals surface area (Å²) in [6.07, 6.45) is 1.26. The van der Waals surface area contributed by atoms with Crippen molar-refractivity contribution in [2.45, 2.75) is 25.5 Å². The fourth-order valence-electron chi connectivity index (χ4n) is 3.59. The summed E-state index contributed by atoms with van der Waals surface area (Å²) in [5, 5.41) is 12.7. The van der Waals surface area contributed by atoms with E-state index >= 15 is 0 Å². The smallest absolute Gasteiger partial charge is 0.230 e. The molecule has 1 amide bonds. The number of aryl methyl sites for hydroxylation is 1. The van der Waals surface area contributed by atoms with Crippen molar-refractivity contribution in [1.29, 1.82) is 0 Å². The van der Waals surface area contributed by atoms with Crippen LogP contribution in [-0.4, -0.2) is 41.9 Å². The van der Waals surface area contributed by atoms with Crippen LogP contribution in [0.5, 0.6) is 0 Å². The van der Waals surface area contributed by atoms with Gasteiger partial charge in [0.15, 0.2) is 0 Å². The van der Waals surface area contributed by atoms with Crippen LogP contribution in [0.1, 0.15) is 24.0 Å². The zero-order valence-electron chi connectivity index (χ0n) is 17.5. The number of nitrogens with zero attached hydrogens (tertiary/aromatic N) is 3. The third-order valence-electron chi connectivity index (χ3n) is 5.36. The summed E-state index contributed by atoms with van der Waals surface area (Å²) < 4.78 is 27.2. The number of carbonyl (C=O) groups is 1. The lowest BCUT2D eigenvalue weighted by Gasteiger charge is -2.31. The molecule has 1 fully saturated rings. The molecular formula is C22H23ClN4O3S2. The Hall–Kier alpha value is -2.33. The molecule has 1 N–H and O–H groups in total. The molecule has 0 saturated carbocycles. The SMILES string of the molecule is Cc1ccc(-c2nnc(NC(=O)[C@@H]3CCCN(S(=O)(=O)Cc4ccc(Cl)cc4)C3)s2)cc1. The number of piperidine rings is 1. The summed E-state index contributed by atoms with van der Waals surface area (Å²) in [4.78, 5) is 12.8. The minimum absolute atomic E-state index is 0.116. The standard InChI is InChI=1S/C22H23ClN4O3S2/c1-15-4-8-17(9-5-15)21-25-26-22(31-21)24-20(28)18-3-2-12-27(13-18)32(29,30)14-16-6-10-19(23)11-7-16/h4-11,18H,2-3,12-14H2,1H3,(H,24,26,28)/t18-/m1/s1. The molecule has 0 bridgehead atoms. The fourth-order valence-corrected chi connectivity index (χ4v) is 6.07. The molecular weight excluding hydrogens is 468 g/mol. The highest BCUT2D eigenvalue weighted by molar-refractivity contribution is 7.88. The lowest BCUT2D eigenvalue weighted by molar-refractivity contribution is -0.120. The summed E-state index contributed by atoms with van der Waals surface area (Å²) >= 11 is 7.18. The molecule has 2 aromatic carbocycles. The van der Waals surface area contributed by atoms with Gasteiger partial charge >= 0.3 is 0 Å². The monoisotopic (exact) mass is 490 g/mol. The number of carbonyl (C=O) groups excluding carboxylic acids is 1. The molecule has 1 saturated heterocycles. The highest BCUT2D eigenvalue weighted by atomic mass is 35.5. The molecule has 1 aliphatic rings. The fraction of sp³-hybridized carbons (Fsp3) is 0.318. The third kappa shape index (κ3) is 5.53. The first-order valence-electron chi connectivity index (χ1n) is 10.2. The Morgan fingerprint density at radius 3 is 2.59 bits per heavy atom. The zero-order valence-corrected chi connectivity index (χ0v) is 19.9. The largest absolute Gasteiger partial charge is 0.300 e. The molecule has 1 atom stereocenters. The maximum atomic E-state index is 12.9. The van der Waals surface area contributed by atoms with Crippen LogP contribution in [0.25, 0.3) is 10.6 Å². The molecule has 4 rings (SSSR count). The molecule has 0 spiro atoms. The van der Waals surface area contributed by atoms with Gasteiger partial charge in [0.05, 0.1) is 11.7 Å². The molecule has 168 valence electrons. The second-order valence-corrected chi connectivity index (χ2v) is 11.2. The molecule has 32 heavy (non-hydrogen) atoms. The lowest BCUT2D eigenvalue weighted by atomic mass is 9.99. The van der Waals surface area contributed by atoms with Crippen LogP contribution < -0.4 is 5.32 Å². The number of sulfonamides is 1. The Kier molecular flexibility index (Phi) is 6.90. The Labute approximate surface area is 196 Å². The number of amides is 1. The molecule has 1 aliphatic heterocycles. The van der Waals surface area contributed by atoms with Gasteiger partial charge in [-0.25, -0.2) is 12.7 Å². The van der Waals surface area contributed by atoms with E-state index < -0.39 is 15.9 Å². The molecule has 0 radical (unpaired) electrons. The Morgan fingerprint density at radius 1 is 1.16 bits per heavy atom. The minimum atomic E-state index is -3.54. The van der Waals surface area contributed by atoms with Crippen LogP contribution in [0.4, 0.5) is 5.13 Å². The lowest BCUT2D eigenvalue weighted by Crippen LogP contribution is -2.44. The van der Waals surface area contributed by atoms with E-state index in [2.05, 4.69) is 15.5 Å². The summed E-state index contributed by atoms with van der Waals surface area (Å²) in [5.41, 5.74) is 2.75. The van der Waals surface area contributed by atoms with E-state index in [1.54, 1.807) is 24.3 Å². The summed E-state index contributed by atoms with van der Waals surface area (Å²) in [6.45, 7) is 2.58. The van der Waals surface area contributed by atoms with Crippen LogP contribution in [0.15, 0.2) is 48.5 Å². The molecule has 7 nitrogen and oxygen atoms in total. The number of rotatable bonds is 6. The molecule has 0 aliphatic carbocycles.